The first-order valence-corrected chi connectivity index (χ1v) is 11.5. The van der Waals surface area contributed by atoms with Crippen molar-refractivity contribution in [3.8, 4) is 11.6 Å². The van der Waals surface area contributed by atoms with E-state index >= 15 is 0 Å². The third-order valence-corrected chi connectivity index (χ3v) is 7.59. The summed E-state index contributed by atoms with van der Waals surface area (Å²) in [6, 6.07) is 6.02. The van der Waals surface area contributed by atoms with E-state index in [-0.39, 0.29) is 6.61 Å². The number of hydrogen-bond acceptors (Lipinski definition) is 7. The van der Waals surface area contributed by atoms with Crippen LogP contribution in [0.2, 0.25) is 0 Å². The molecule has 0 radical (unpaired) electrons. The molecule has 1 aromatic carbocycles. The van der Waals surface area contributed by atoms with Gasteiger partial charge in [0.25, 0.3) is 0 Å². The fourth-order valence-corrected chi connectivity index (χ4v) is 5.77. The highest BCUT2D eigenvalue weighted by Crippen LogP contribution is 2.37. The summed E-state index contributed by atoms with van der Waals surface area (Å²) in [5, 5.41) is 0.860. The highest BCUT2D eigenvalue weighted by atomic mass is 127. The molecule has 1 atom stereocenters. The number of aromatic nitrogens is 2. The molecular formula is C21H21IN2O4S. The Balaban J connectivity index is 1.69. The van der Waals surface area contributed by atoms with Crippen LogP contribution in [-0.4, -0.2) is 35.3 Å². The number of para-hydroxylation sites is 1. The molecule has 0 saturated carbocycles. The Labute approximate surface area is 186 Å². The number of hydrogen-bond donors (Lipinski definition) is 0. The first kappa shape index (κ1) is 20.3. The summed E-state index contributed by atoms with van der Waals surface area (Å²) in [4.78, 5) is 23.5. The zero-order chi connectivity index (χ0) is 20.4. The molecule has 2 aromatic heterocycles. The molecule has 0 N–H and O–H groups in total. The lowest BCUT2D eigenvalue weighted by atomic mass is 10.0. The van der Waals surface area contributed by atoms with E-state index in [9.17, 15) is 4.79 Å². The van der Waals surface area contributed by atoms with E-state index in [2.05, 4.69) is 45.5 Å². The first-order valence-electron chi connectivity index (χ1n) is 9.61. The van der Waals surface area contributed by atoms with Crippen molar-refractivity contribution in [1.29, 1.82) is 0 Å². The predicted molar refractivity (Wildman–Crippen MR) is 120 cm³/mol. The number of halogens is 1. The smallest absolute Gasteiger partial charge is 0.347 e. The van der Waals surface area contributed by atoms with Gasteiger partial charge in [-0.25, -0.2) is 14.8 Å². The van der Waals surface area contributed by atoms with Gasteiger partial charge < -0.3 is 14.2 Å². The standard InChI is InChI=1S/C21H21IN2O4S/c1-3-15-17(22)16-19(23-11-24-20(16)29-15)28-14(21(25)26-4-2)10-13-7-5-6-12-8-9-27-18(12)13/h5-7,11,14H,3-4,8-10H2,1-2H3/t14-/m1/s1. The van der Waals surface area contributed by atoms with Crippen molar-refractivity contribution in [3.63, 3.8) is 0 Å². The summed E-state index contributed by atoms with van der Waals surface area (Å²) >= 11 is 3.93. The van der Waals surface area contributed by atoms with Gasteiger partial charge in [0.05, 0.1) is 18.6 Å². The lowest BCUT2D eigenvalue weighted by molar-refractivity contribution is -0.151. The van der Waals surface area contributed by atoms with Crippen LogP contribution in [0.1, 0.15) is 29.9 Å². The summed E-state index contributed by atoms with van der Waals surface area (Å²) in [5.41, 5.74) is 2.10. The van der Waals surface area contributed by atoms with Gasteiger partial charge >= 0.3 is 5.97 Å². The fraction of sp³-hybridized carbons (Fsp3) is 0.381. The number of benzene rings is 1. The van der Waals surface area contributed by atoms with Crippen LogP contribution in [0.4, 0.5) is 0 Å². The van der Waals surface area contributed by atoms with Crippen molar-refractivity contribution < 1.29 is 19.0 Å². The summed E-state index contributed by atoms with van der Waals surface area (Å²) in [6.07, 6.45) is 2.81. The number of aryl methyl sites for hydroxylation is 1. The maximum Gasteiger partial charge on any atom is 0.347 e. The van der Waals surface area contributed by atoms with Crippen molar-refractivity contribution in [2.75, 3.05) is 13.2 Å². The highest BCUT2D eigenvalue weighted by molar-refractivity contribution is 14.1. The van der Waals surface area contributed by atoms with Crippen LogP contribution in [-0.2, 0) is 28.8 Å². The second kappa shape index (κ2) is 8.83. The minimum Gasteiger partial charge on any atom is -0.493 e. The molecule has 8 heteroatoms. The number of thiophene rings is 1. The average molecular weight is 524 g/mol. The average Bonchev–Trinajstić information content (AvgIpc) is 3.33. The molecule has 1 aliphatic heterocycles. The maximum absolute atomic E-state index is 12.7. The van der Waals surface area contributed by atoms with Gasteiger partial charge in [-0.2, -0.15) is 0 Å². The molecule has 0 bridgehead atoms. The Kier molecular flexibility index (Phi) is 6.19. The summed E-state index contributed by atoms with van der Waals surface area (Å²) in [5.74, 6) is 0.870. The minimum atomic E-state index is -0.815. The molecule has 0 unspecified atom stereocenters. The topological polar surface area (TPSA) is 70.5 Å². The highest BCUT2D eigenvalue weighted by Gasteiger charge is 2.28. The number of rotatable bonds is 7. The van der Waals surface area contributed by atoms with E-state index in [4.69, 9.17) is 14.2 Å². The van der Waals surface area contributed by atoms with Crippen LogP contribution in [0.5, 0.6) is 11.6 Å². The van der Waals surface area contributed by atoms with E-state index in [1.165, 1.54) is 11.2 Å². The molecule has 0 saturated heterocycles. The Morgan fingerprint density at radius 1 is 1.34 bits per heavy atom. The van der Waals surface area contributed by atoms with E-state index in [0.717, 1.165) is 43.5 Å². The van der Waals surface area contributed by atoms with Gasteiger partial charge in [0.2, 0.25) is 12.0 Å². The van der Waals surface area contributed by atoms with Crippen molar-refractivity contribution in [2.24, 2.45) is 0 Å². The number of ether oxygens (including phenoxy) is 3. The Morgan fingerprint density at radius 3 is 3.00 bits per heavy atom. The fourth-order valence-electron chi connectivity index (χ4n) is 3.42. The van der Waals surface area contributed by atoms with Gasteiger partial charge in [-0.15, -0.1) is 11.3 Å². The molecule has 29 heavy (non-hydrogen) atoms. The molecule has 0 spiro atoms. The Bertz CT molecular complexity index is 1050. The molecule has 3 heterocycles. The van der Waals surface area contributed by atoms with Gasteiger partial charge in [-0.3, -0.25) is 0 Å². The Hall–Kier alpha value is -1.94. The number of carbonyl (C=O) groups is 1. The van der Waals surface area contributed by atoms with Crippen LogP contribution in [0.15, 0.2) is 24.5 Å². The first-order chi connectivity index (χ1) is 14.1. The van der Waals surface area contributed by atoms with Crippen LogP contribution in [0, 0.1) is 3.57 Å². The summed E-state index contributed by atoms with van der Waals surface area (Å²) < 4.78 is 18.3. The third kappa shape index (κ3) is 4.05. The summed E-state index contributed by atoms with van der Waals surface area (Å²) in [6.45, 7) is 4.85. The quantitative estimate of drug-likeness (QED) is 0.338. The third-order valence-electron chi connectivity index (χ3n) is 4.79. The molecular weight excluding hydrogens is 503 g/mol. The number of fused-ring (bicyclic) bond motifs is 2. The van der Waals surface area contributed by atoms with E-state index in [1.54, 1.807) is 18.3 Å². The lowest BCUT2D eigenvalue weighted by Gasteiger charge is -2.19. The maximum atomic E-state index is 12.7. The molecule has 6 nitrogen and oxygen atoms in total. The zero-order valence-corrected chi connectivity index (χ0v) is 19.2. The molecule has 4 rings (SSSR count). The molecule has 0 amide bonds. The van der Waals surface area contributed by atoms with Gasteiger partial charge in [0.1, 0.15) is 16.9 Å². The SMILES string of the molecule is CCOC(=O)[C@@H](Cc1cccc2c1OCC2)Oc1ncnc2sc(CC)c(I)c12. The second-order valence-corrected chi connectivity index (χ2v) is 8.78. The van der Waals surface area contributed by atoms with Crippen molar-refractivity contribution in [1.82, 2.24) is 9.97 Å². The van der Waals surface area contributed by atoms with Crippen molar-refractivity contribution in [3.05, 3.63) is 44.1 Å². The molecule has 1 aliphatic rings. The summed E-state index contributed by atoms with van der Waals surface area (Å²) in [7, 11) is 0. The Morgan fingerprint density at radius 2 is 2.21 bits per heavy atom. The van der Waals surface area contributed by atoms with Crippen molar-refractivity contribution in [2.45, 2.75) is 39.2 Å². The number of nitrogens with zero attached hydrogens (tertiary/aromatic N) is 2. The number of carbonyl (C=O) groups excluding carboxylic acids is 1. The van der Waals surface area contributed by atoms with Gasteiger partial charge in [0.15, 0.2) is 0 Å². The van der Waals surface area contributed by atoms with Crippen LogP contribution in [0.25, 0.3) is 10.2 Å². The largest absolute Gasteiger partial charge is 0.493 e. The van der Waals surface area contributed by atoms with Crippen molar-refractivity contribution >= 4 is 50.1 Å². The van der Waals surface area contributed by atoms with Gasteiger partial charge in [0, 0.05) is 21.3 Å². The second-order valence-electron chi connectivity index (χ2n) is 6.62. The number of esters is 1. The van der Waals surface area contributed by atoms with E-state index in [0.29, 0.717) is 18.9 Å². The van der Waals surface area contributed by atoms with Gasteiger partial charge in [-0.05, 0) is 47.1 Å². The predicted octanol–water partition coefficient (Wildman–Crippen LogP) is 4.35. The van der Waals surface area contributed by atoms with Crippen LogP contribution < -0.4 is 9.47 Å². The van der Waals surface area contributed by atoms with Gasteiger partial charge in [-0.1, -0.05) is 25.1 Å². The van der Waals surface area contributed by atoms with Crippen LogP contribution >= 0.6 is 33.9 Å². The lowest BCUT2D eigenvalue weighted by Crippen LogP contribution is -2.32. The van der Waals surface area contributed by atoms with E-state index < -0.39 is 12.1 Å². The zero-order valence-electron chi connectivity index (χ0n) is 16.2. The minimum absolute atomic E-state index is 0.289. The molecule has 152 valence electrons. The van der Waals surface area contributed by atoms with E-state index in [1.807, 2.05) is 12.1 Å². The molecule has 3 aromatic rings. The van der Waals surface area contributed by atoms with Crippen LogP contribution in [0.3, 0.4) is 0 Å². The molecule has 0 fully saturated rings. The monoisotopic (exact) mass is 524 g/mol. The normalized spacial score (nSPS) is 13.8. The molecule has 0 aliphatic carbocycles.